The second-order valence-corrected chi connectivity index (χ2v) is 13.6. The van der Waals surface area contributed by atoms with Gasteiger partial charge < -0.3 is 29.4 Å². The van der Waals surface area contributed by atoms with E-state index in [1.807, 2.05) is 61.5 Å². The van der Waals surface area contributed by atoms with E-state index in [2.05, 4.69) is 38.8 Å². The topological polar surface area (TPSA) is 93.6 Å². The Labute approximate surface area is 285 Å². The SMILES string of the molecule is C=CCN(Cc1ccccc1)C(=O)[C@H]1[C@H]2C(=O)N(CCCCO)C(C(=O)N(CC=C)c3ccc(N(CC)CC)cc3)C23CC(C)[C@]1(C)O3. The van der Waals surface area contributed by atoms with Crippen molar-refractivity contribution >= 4 is 29.1 Å². The fourth-order valence-corrected chi connectivity index (χ4v) is 8.45. The molecule has 48 heavy (non-hydrogen) atoms. The molecule has 0 aromatic heterocycles. The third-order valence-corrected chi connectivity index (χ3v) is 10.9. The van der Waals surface area contributed by atoms with Crippen LogP contribution < -0.4 is 9.80 Å². The van der Waals surface area contributed by atoms with Crippen LogP contribution in [0.1, 0.15) is 52.5 Å². The van der Waals surface area contributed by atoms with E-state index in [1.54, 1.807) is 26.9 Å². The Morgan fingerprint density at radius 1 is 0.979 bits per heavy atom. The first-order valence-corrected chi connectivity index (χ1v) is 17.4. The molecule has 2 bridgehead atoms. The minimum atomic E-state index is -1.17. The number of ether oxygens (including phenoxy) is 1. The van der Waals surface area contributed by atoms with Crippen LogP contribution in [-0.2, 0) is 25.7 Å². The Hall–Kier alpha value is -3.95. The zero-order chi connectivity index (χ0) is 34.6. The molecule has 3 amide bonds. The lowest BCUT2D eigenvalue weighted by Gasteiger charge is -2.39. The van der Waals surface area contributed by atoms with Gasteiger partial charge in [-0.05, 0) is 75.8 Å². The lowest BCUT2D eigenvalue weighted by Crippen LogP contribution is -2.57. The van der Waals surface area contributed by atoms with Crippen molar-refractivity contribution in [3.05, 3.63) is 85.5 Å². The molecule has 3 fully saturated rings. The highest BCUT2D eigenvalue weighted by atomic mass is 16.5. The average molecular weight is 657 g/mol. The van der Waals surface area contributed by atoms with Crippen LogP contribution in [0.15, 0.2) is 79.9 Å². The first kappa shape index (κ1) is 35.4. The number of amides is 3. The molecule has 3 unspecified atom stereocenters. The Kier molecular flexibility index (Phi) is 10.8. The summed E-state index contributed by atoms with van der Waals surface area (Å²) in [5, 5.41) is 9.59. The second kappa shape index (κ2) is 14.7. The number of fused-ring (bicyclic) bond motifs is 1. The number of hydrogen-bond acceptors (Lipinski definition) is 6. The van der Waals surface area contributed by atoms with E-state index in [9.17, 15) is 19.5 Å². The number of aliphatic hydroxyl groups excluding tert-OH is 1. The number of rotatable bonds is 16. The number of anilines is 2. The lowest BCUT2D eigenvalue weighted by atomic mass is 9.62. The van der Waals surface area contributed by atoms with Gasteiger partial charge in [-0.15, -0.1) is 13.2 Å². The van der Waals surface area contributed by atoms with Gasteiger partial charge in [-0.2, -0.15) is 0 Å². The van der Waals surface area contributed by atoms with Gasteiger partial charge in [-0.25, -0.2) is 0 Å². The van der Waals surface area contributed by atoms with Gasteiger partial charge in [-0.3, -0.25) is 14.4 Å². The molecule has 5 rings (SSSR count). The number of carbonyl (C=O) groups excluding carboxylic acids is 3. The summed E-state index contributed by atoms with van der Waals surface area (Å²) in [6, 6.07) is 16.8. The van der Waals surface area contributed by atoms with E-state index in [1.165, 1.54) is 0 Å². The molecule has 2 aromatic carbocycles. The number of carbonyl (C=O) groups is 3. The van der Waals surface area contributed by atoms with Crippen molar-refractivity contribution in [3.8, 4) is 0 Å². The maximum atomic E-state index is 15.0. The highest BCUT2D eigenvalue weighted by molar-refractivity contribution is 6.05. The Morgan fingerprint density at radius 2 is 1.62 bits per heavy atom. The molecule has 2 aromatic rings. The molecule has 3 aliphatic rings. The summed E-state index contributed by atoms with van der Waals surface area (Å²) >= 11 is 0. The molecular weight excluding hydrogens is 604 g/mol. The molecule has 1 N–H and O–H groups in total. The summed E-state index contributed by atoms with van der Waals surface area (Å²) in [7, 11) is 0. The van der Waals surface area contributed by atoms with Crippen LogP contribution in [0.4, 0.5) is 11.4 Å². The van der Waals surface area contributed by atoms with E-state index < -0.39 is 29.1 Å². The molecule has 1 spiro atoms. The number of likely N-dealkylation sites (tertiary alicyclic amines) is 1. The van der Waals surface area contributed by atoms with E-state index in [-0.39, 0.29) is 43.3 Å². The molecule has 3 saturated heterocycles. The smallest absolute Gasteiger partial charge is 0.253 e. The highest BCUT2D eigenvalue weighted by Crippen LogP contribution is 2.65. The van der Waals surface area contributed by atoms with Gasteiger partial charge in [0.15, 0.2) is 0 Å². The minimum absolute atomic E-state index is 0.0145. The van der Waals surface area contributed by atoms with Crippen LogP contribution in [-0.4, -0.2) is 89.2 Å². The maximum absolute atomic E-state index is 15.0. The van der Waals surface area contributed by atoms with Gasteiger partial charge in [0.1, 0.15) is 11.6 Å². The Morgan fingerprint density at radius 3 is 2.23 bits per heavy atom. The van der Waals surface area contributed by atoms with E-state index >= 15 is 0 Å². The number of aliphatic hydroxyl groups is 1. The summed E-state index contributed by atoms with van der Waals surface area (Å²) in [5.74, 6) is -2.29. The zero-order valence-corrected chi connectivity index (χ0v) is 29.0. The van der Waals surface area contributed by atoms with Crippen LogP contribution in [0.2, 0.25) is 0 Å². The van der Waals surface area contributed by atoms with Crippen molar-refractivity contribution in [2.45, 2.75) is 70.7 Å². The van der Waals surface area contributed by atoms with Crippen LogP contribution in [0, 0.1) is 17.8 Å². The number of hydrogen-bond donors (Lipinski definition) is 1. The van der Waals surface area contributed by atoms with Gasteiger partial charge in [0.05, 0.1) is 17.4 Å². The van der Waals surface area contributed by atoms with Gasteiger partial charge in [0, 0.05) is 57.3 Å². The maximum Gasteiger partial charge on any atom is 0.253 e. The number of nitrogens with zero attached hydrogens (tertiary/aromatic N) is 4. The summed E-state index contributed by atoms with van der Waals surface area (Å²) < 4.78 is 7.02. The van der Waals surface area contributed by atoms with Crippen LogP contribution in [0.25, 0.3) is 0 Å². The van der Waals surface area contributed by atoms with E-state index in [0.717, 1.165) is 24.3 Å². The predicted molar refractivity (Wildman–Crippen MR) is 189 cm³/mol. The first-order valence-electron chi connectivity index (χ1n) is 17.4. The summed E-state index contributed by atoms with van der Waals surface area (Å²) in [4.78, 5) is 51.7. The molecule has 6 atom stereocenters. The van der Waals surface area contributed by atoms with Gasteiger partial charge in [-0.1, -0.05) is 49.4 Å². The molecule has 9 heteroatoms. The molecule has 3 aliphatic heterocycles. The minimum Gasteiger partial charge on any atom is -0.396 e. The quantitative estimate of drug-likeness (QED) is 0.201. The Bertz CT molecular complexity index is 1480. The van der Waals surface area contributed by atoms with E-state index in [4.69, 9.17) is 4.74 Å². The van der Waals surface area contributed by atoms with Crippen molar-refractivity contribution in [2.24, 2.45) is 17.8 Å². The van der Waals surface area contributed by atoms with Crippen molar-refractivity contribution in [2.75, 3.05) is 49.1 Å². The number of benzene rings is 2. The van der Waals surface area contributed by atoms with E-state index in [0.29, 0.717) is 38.0 Å². The monoisotopic (exact) mass is 656 g/mol. The highest BCUT2D eigenvalue weighted by Gasteiger charge is 2.80. The molecule has 258 valence electrons. The lowest BCUT2D eigenvalue weighted by molar-refractivity contribution is -0.151. The third kappa shape index (κ3) is 6.07. The first-order chi connectivity index (χ1) is 23.1. The van der Waals surface area contributed by atoms with Gasteiger partial charge >= 0.3 is 0 Å². The van der Waals surface area contributed by atoms with Crippen LogP contribution >= 0.6 is 0 Å². The second-order valence-electron chi connectivity index (χ2n) is 13.6. The molecule has 0 aliphatic carbocycles. The fraction of sp³-hybridized carbons (Fsp3) is 0.513. The largest absolute Gasteiger partial charge is 0.396 e. The van der Waals surface area contributed by atoms with Crippen LogP contribution in [0.5, 0.6) is 0 Å². The third-order valence-electron chi connectivity index (χ3n) is 10.9. The average Bonchev–Trinajstić information content (AvgIpc) is 3.60. The Balaban J connectivity index is 1.56. The molecular formula is C39H52N4O5. The normalized spacial score (nSPS) is 27.1. The molecule has 0 saturated carbocycles. The van der Waals surface area contributed by atoms with Gasteiger partial charge in [0.25, 0.3) is 5.91 Å². The van der Waals surface area contributed by atoms with Crippen molar-refractivity contribution in [1.29, 1.82) is 0 Å². The predicted octanol–water partition coefficient (Wildman–Crippen LogP) is 5.05. The van der Waals surface area contributed by atoms with Gasteiger partial charge in [0.2, 0.25) is 11.8 Å². The van der Waals surface area contributed by atoms with Crippen molar-refractivity contribution < 1.29 is 24.2 Å². The summed E-state index contributed by atoms with van der Waals surface area (Å²) in [6.45, 7) is 19.0. The molecule has 9 nitrogen and oxygen atoms in total. The zero-order valence-electron chi connectivity index (χ0n) is 29.0. The summed E-state index contributed by atoms with van der Waals surface area (Å²) in [5.41, 5.74) is 0.647. The van der Waals surface area contributed by atoms with Crippen molar-refractivity contribution in [1.82, 2.24) is 9.80 Å². The fourth-order valence-electron chi connectivity index (χ4n) is 8.45. The number of unbranched alkanes of at least 4 members (excludes halogenated alkanes) is 1. The van der Waals surface area contributed by atoms with Crippen LogP contribution in [0.3, 0.4) is 0 Å². The molecule has 0 radical (unpaired) electrons. The summed E-state index contributed by atoms with van der Waals surface area (Å²) in [6.07, 6.45) is 4.90. The standard InChI is InChI=1S/C39H52N4O5/c1-7-22-41(27-29-16-12-11-13-17-29)35(45)32-33-36(46)43(24-14-15-25-44)34(39(33)26-28(5)38(32,6)48-39)37(47)42(23-8-2)31-20-18-30(19-21-31)40(9-3)10-4/h7-8,11-13,16-21,28,32-34,44H,1-2,9-10,14-15,22-27H2,3-6H3/t28?,32-,33+,34?,38+,39?/m1/s1. The molecule has 3 heterocycles. The van der Waals surface area contributed by atoms with Crippen molar-refractivity contribution in [3.63, 3.8) is 0 Å².